The molecule has 0 aliphatic rings. The summed E-state index contributed by atoms with van der Waals surface area (Å²) in [6, 6.07) is 9.53. The van der Waals surface area contributed by atoms with Crippen molar-refractivity contribution in [2.24, 2.45) is 4.99 Å². The lowest BCUT2D eigenvalue weighted by atomic mass is 10.0. The average molecular weight is 373 g/mol. The molecule has 0 atom stereocenters. The number of hydrogen-bond donors (Lipinski definition) is 2. The van der Waals surface area contributed by atoms with Gasteiger partial charge < -0.3 is 15.0 Å². The molecule has 0 saturated heterocycles. The summed E-state index contributed by atoms with van der Waals surface area (Å²) >= 11 is 0. The maximum absolute atomic E-state index is 9.48. The average Bonchev–Trinajstić information content (AvgIpc) is 2.72. The summed E-state index contributed by atoms with van der Waals surface area (Å²) in [7, 11) is 2.78. The van der Waals surface area contributed by atoms with E-state index in [1.165, 1.54) is 5.56 Å². The second-order valence-corrected chi connectivity index (χ2v) is 5.46. The lowest BCUT2D eigenvalue weighted by molar-refractivity contribution is -0.0979. The molecule has 2 rings (SSSR count). The fraction of sp³-hybridized carbons (Fsp3) is 0.318. The minimum atomic E-state index is 0.326. The lowest BCUT2D eigenvalue weighted by Crippen LogP contribution is -2.00. The first-order valence-corrected chi connectivity index (χ1v) is 8.47. The van der Waals surface area contributed by atoms with E-state index in [9.17, 15) is 5.11 Å². The largest absolute Gasteiger partial charge is 0.507 e. The van der Waals surface area contributed by atoms with Crippen LogP contribution in [0.25, 0.3) is 5.57 Å². The highest BCUT2D eigenvalue weighted by Gasteiger charge is 2.02. The molecule has 0 saturated carbocycles. The predicted molar refractivity (Wildman–Crippen MR) is 115 cm³/mol. The summed E-state index contributed by atoms with van der Waals surface area (Å²) in [5.74, 6) is 0.326. The number of aromatic nitrogens is 1. The lowest BCUT2D eigenvalue weighted by Gasteiger charge is -2.06. The number of phenols is 1. The van der Waals surface area contributed by atoms with Gasteiger partial charge in [0.25, 0.3) is 0 Å². The summed E-state index contributed by atoms with van der Waals surface area (Å²) in [6.45, 7) is 13.9. The minimum Gasteiger partial charge on any atom is -0.507 e. The molecular formula is C22H32N2O3. The van der Waals surface area contributed by atoms with Crippen molar-refractivity contribution in [2.75, 3.05) is 14.2 Å². The predicted octanol–water partition coefficient (Wildman–Crippen LogP) is 4.38. The van der Waals surface area contributed by atoms with Crippen LogP contribution in [0.15, 0.2) is 48.1 Å². The zero-order valence-electron chi connectivity index (χ0n) is 17.3. The van der Waals surface area contributed by atoms with E-state index in [2.05, 4.69) is 16.6 Å². The smallest absolute Gasteiger partial charge is 0.123 e. The number of aromatic hydroxyl groups is 1. The summed E-state index contributed by atoms with van der Waals surface area (Å²) in [6.07, 6.45) is 2.66. The van der Waals surface area contributed by atoms with Gasteiger partial charge in [0.15, 0.2) is 0 Å². The summed E-state index contributed by atoms with van der Waals surface area (Å²) in [5, 5.41) is 16.5. The maximum atomic E-state index is 9.48. The number of hydrogen-bond acceptors (Lipinski definition) is 5. The monoisotopic (exact) mass is 372 g/mol. The number of aryl methyl sites for hydroxylation is 2. The highest BCUT2D eigenvalue weighted by molar-refractivity contribution is 5.97. The van der Waals surface area contributed by atoms with E-state index in [-0.39, 0.29) is 0 Å². The van der Waals surface area contributed by atoms with Crippen molar-refractivity contribution in [3.05, 3.63) is 65.5 Å². The molecule has 2 N–H and O–H groups in total. The van der Waals surface area contributed by atoms with E-state index in [1.807, 2.05) is 58.7 Å². The molecule has 0 bridgehead atoms. The van der Waals surface area contributed by atoms with Crippen molar-refractivity contribution in [3.8, 4) is 5.75 Å². The van der Waals surface area contributed by atoms with Crippen molar-refractivity contribution < 1.29 is 15.0 Å². The molecule has 0 fully saturated rings. The zero-order valence-corrected chi connectivity index (χ0v) is 17.3. The summed E-state index contributed by atoms with van der Waals surface area (Å²) in [4.78, 5) is 16.3. The van der Waals surface area contributed by atoms with E-state index >= 15 is 0 Å². The number of aliphatic imine (C=N–C) groups is 1. The number of phenolic OH excluding ortho intramolecular Hbond substituents is 1. The van der Waals surface area contributed by atoms with Crippen LogP contribution in [0.3, 0.4) is 0 Å². The maximum Gasteiger partial charge on any atom is 0.123 e. The third kappa shape index (κ3) is 9.47. The Labute approximate surface area is 163 Å². The van der Waals surface area contributed by atoms with Crippen LogP contribution in [0, 0.1) is 13.8 Å². The molecule has 0 spiro atoms. The molecule has 5 heteroatoms. The molecule has 27 heavy (non-hydrogen) atoms. The molecule has 0 unspecified atom stereocenters. The number of carbonyl (C=O) groups excluding carboxylic acids is 1. The number of aliphatic hydroxyl groups excluding tert-OH is 1. The van der Waals surface area contributed by atoms with Gasteiger partial charge in [0, 0.05) is 25.9 Å². The minimum absolute atomic E-state index is 0.326. The van der Waals surface area contributed by atoms with Gasteiger partial charge in [-0.05, 0) is 56.5 Å². The Morgan fingerprint density at radius 3 is 2.26 bits per heavy atom. The molecule has 0 amide bonds. The molecular weight excluding hydrogens is 340 g/mol. The second kappa shape index (κ2) is 15.5. The fourth-order valence-electron chi connectivity index (χ4n) is 2.09. The number of aliphatic hydroxyl groups is 1. The molecule has 148 valence electrons. The molecule has 0 radical (unpaired) electrons. The van der Waals surface area contributed by atoms with Gasteiger partial charge >= 0.3 is 0 Å². The molecule has 0 aliphatic carbocycles. The third-order valence-corrected chi connectivity index (χ3v) is 3.65. The van der Waals surface area contributed by atoms with Crippen molar-refractivity contribution in [1.82, 2.24) is 4.98 Å². The molecule has 5 nitrogen and oxygen atoms in total. The SMILES string of the molecule is C=C(CC)c1cc(C)ccc1O.C=O.CN=C(C)c1ncccc1C.CO. The van der Waals surface area contributed by atoms with Crippen LogP contribution >= 0.6 is 0 Å². The van der Waals surface area contributed by atoms with Gasteiger partial charge in [-0.3, -0.25) is 9.98 Å². The fourth-order valence-corrected chi connectivity index (χ4v) is 2.09. The van der Waals surface area contributed by atoms with Gasteiger partial charge in [-0.2, -0.15) is 0 Å². The number of rotatable bonds is 3. The van der Waals surface area contributed by atoms with Gasteiger partial charge in [-0.15, -0.1) is 0 Å². The summed E-state index contributed by atoms with van der Waals surface area (Å²) < 4.78 is 0. The third-order valence-electron chi connectivity index (χ3n) is 3.65. The van der Waals surface area contributed by atoms with E-state index in [0.717, 1.165) is 41.6 Å². The summed E-state index contributed by atoms with van der Waals surface area (Å²) in [5.41, 5.74) is 6.17. The van der Waals surface area contributed by atoms with Crippen LogP contribution in [-0.2, 0) is 4.79 Å². The first kappa shape index (κ1) is 26.4. The molecule has 0 aliphatic heterocycles. The van der Waals surface area contributed by atoms with Gasteiger partial charge in [-0.1, -0.05) is 31.2 Å². The van der Waals surface area contributed by atoms with Crippen LogP contribution in [-0.4, -0.2) is 41.9 Å². The quantitative estimate of drug-likeness (QED) is 0.784. The Kier molecular flexibility index (Phi) is 15.1. The molecule has 1 aromatic heterocycles. The molecule has 2 aromatic rings. The van der Waals surface area contributed by atoms with Gasteiger partial charge in [0.05, 0.1) is 11.4 Å². The Morgan fingerprint density at radius 1 is 1.19 bits per heavy atom. The number of benzene rings is 1. The Morgan fingerprint density at radius 2 is 1.78 bits per heavy atom. The van der Waals surface area contributed by atoms with Crippen LogP contribution in [0.1, 0.15) is 42.7 Å². The van der Waals surface area contributed by atoms with Crippen molar-refractivity contribution in [1.29, 1.82) is 0 Å². The van der Waals surface area contributed by atoms with Crippen molar-refractivity contribution in [3.63, 3.8) is 0 Å². The van der Waals surface area contributed by atoms with E-state index < -0.39 is 0 Å². The molecule has 1 heterocycles. The Bertz CT molecular complexity index is 725. The van der Waals surface area contributed by atoms with Crippen LogP contribution in [0.5, 0.6) is 5.75 Å². The highest BCUT2D eigenvalue weighted by Crippen LogP contribution is 2.26. The normalized spacial score (nSPS) is 9.52. The first-order valence-electron chi connectivity index (χ1n) is 8.47. The number of allylic oxidation sites excluding steroid dienone is 1. The van der Waals surface area contributed by atoms with Gasteiger partial charge in [-0.25, -0.2) is 0 Å². The first-order chi connectivity index (χ1) is 12.9. The van der Waals surface area contributed by atoms with Crippen molar-refractivity contribution in [2.45, 2.75) is 34.1 Å². The van der Waals surface area contributed by atoms with Gasteiger partial charge in [0.1, 0.15) is 12.5 Å². The van der Waals surface area contributed by atoms with Gasteiger partial charge in [0.2, 0.25) is 0 Å². The number of pyridine rings is 1. The number of carbonyl (C=O) groups is 1. The van der Waals surface area contributed by atoms with Crippen LogP contribution in [0.4, 0.5) is 0 Å². The van der Waals surface area contributed by atoms with Crippen molar-refractivity contribution >= 4 is 18.1 Å². The highest BCUT2D eigenvalue weighted by atomic mass is 16.3. The topological polar surface area (TPSA) is 82.8 Å². The molecule has 1 aromatic carbocycles. The van der Waals surface area contributed by atoms with E-state index in [1.54, 1.807) is 19.3 Å². The van der Waals surface area contributed by atoms with Crippen LogP contribution in [0.2, 0.25) is 0 Å². The second-order valence-electron chi connectivity index (χ2n) is 5.46. The Hall–Kier alpha value is -2.79. The Balaban J connectivity index is 0. The van der Waals surface area contributed by atoms with Crippen LogP contribution < -0.4 is 0 Å². The zero-order chi connectivity index (χ0) is 21.4. The number of nitrogens with zero attached hydrogens (tertiary/aromatic N) is 2. The van der Waals surface area contributed by atoms with E-state index in [4.69, 9.17) is 9.90 Å². The standard InChI is InChI=1S/C11H14O.C9H12N2.CH4O.CH2O/c1-4-9(3)10-7-8(2)5-6-11(10)12;1-7-5-4-6-11-9(7)8(2)10-3;2*1-2/h5-7,12H,3-4H2,1-2H3;4-6H,1-3H3;2H,1H3;1H2. The van der Waals surface area contributed by atoms with E-state index in [0.29, 0.717) is 5.75 Å².